The van der Waals surface area contributed by atoms with Crippen molar-refractivity contribution in [1.29, 1.82) is 0 Å². The molecule has 0 N–H and O–H groups in total. The predicted octanol–water partition coefficient (Wildman–Crippen LogP) is 19.2. The van der Waals surface area contributed by atoms with Gasteiger partial charge in [0.25, 0.3) is 0 Å². The first-order valence-electron chi connectivity index (χ1n) is 27.1. The summed E-state index contributed by atoms with van der Waals surface area (Å²) < 4.78 is 4.98. The van der Waals surface area contributed by atoms with E-state index in [4.69, 9.17) is 0 Å². The van der Waals surface area contributed by atoms with Crippen molar-refractivity contribution in [3.63, 3.8) is 0 Å². The molecule has 0 aliphatic heterocycles. The molecule has 1 spiro atoms. The van der Waals surface area contributed by atoms with Crippen LogP contribution in [0.5, 0.6) is 0 Å². The first-order chi connectivity index (χ1) is 38.1. The molecule has 3 nitrogen and oxygen atoms in total. The molecule has 0 saturated heterocycles. The number of rotatable bonds is 5. The maximum absolute atomic E-state index is 2.62. The molecule has 1 atom stereocenters. The van der Waals surface area contributed by atoms with Gasteiger partial charge in [-0.1, -0.05) is 195 Å². The molecule has 14 aromatic rings. The van der Waals surface area contributed by atoms with E-state index in [0.717, 1.165) is 34.7 Å². The van der Waals surface area contributed by atoms with E-state index in [1.165, 1.54) is 121 Å². The lowest BCUT2D eigenvalue weighted by molar-refractivity contribution is 0.718. The van der Waals surface area contributed by atoms with Crippen LogP contribution >= 0.6 is 0 Å². The van der Waals surface area contributed by atoms with Crippen molar-refractivity contribution < 1.29 is 0 Å². The van der Waals surface area contributed by atoms with E-state index in [1.54, 1.807) is 0 Å². The fourth-order valence-corrected chi connectivity index (χ4v) is 14.6. The lowest BCUT2D eigenvalue weighted by Crippen LogP contribution is -2.26. The number of para-hydroxylation sites is 2. The number of benzene rings is 12. The Bertz CT molecular complexity index is 4790. The lowest BCUT2D eigenvalue weighted by Gasteiger charge is -2.32. The smallest absolute Gasteiger partial charge is 0.0726 e. The van der Waals surface area contributed by atoms with E-state index >= 15 is 0 Å². The zero-order valence-electron chi connectivity index (χ0n) is 42.5. The molecule has 2 aromatic heterocycles. The average molecular weight is 980 g/mol. The van der Waals surface area contributed by atoms with Crippen LogP contribution in [0.2, 0.25) is 0 Å². The van der Waals surface area contributed by atoms with Crippen LogP contribution in [0.1, 0.15) is 40.4 Å². The SMILES string of the molecule is CC1C=Cc2c(c3cc(N(c4cccc5c4-c4ccccc4C54c5ccccc5-c5ccccc54)c4cccc5c4c4ccccc4n5-c4ccc5c6ccccc6c6ccccc6c5c4)ccc3n2-c2ccccc2)C1. The highest BCUT2D eigenvalue weighted by Gasteiger charge is 2.52. The molecule has 17 rings (SSSR count). The van der Waals surface area contributed by atoms with Crippen molar-refractivity contribution in [2.24, 2.45) is 5.92 Å². The van der Waals surface area contributed by atoms with Crippen LogP contribution in [0, 0.1) is 5.92 Å². The standard InChI is InChI=1S/C74H49N3/c1-46-37-41-67-60(43-46)61-45-49(39-42-68(61)75(67)47-19-3-2-4-20-47)77(69-34-17-32-65-72(69)57-27-11-15-31-64(57)74(65)62-29-13-9-25-55(62)56-26-10-14-30-63(56)74)71-36-18-35-70-73(71)58-28-12-16-33-66(58)76(70)48-38-40-54-52-23-6-5-21-50(52)51-22-7-8-24-53(51)59(54)44-48/h2-42,44-46H,43H2,1H3. The van der Waals surface area contributed by atoms with Gasteiger partial charge in [-0.25, -0.2) is 0 Å². The van der Waals surface area contributed by atoms with Crippen molar-refractivity contribution in [2.75, 3.05) is 4.90 Å². The third kappa shape index (κ3) is 5.70. The molecule has 3 heteroatoms. The molecule has 0 saturated carbocycles. The van der Waals surface area contributed by atoms with Crippen molar-refractivity contribution in [3.8, 4) is 33.6 Å². The molecular weight excluding hydrogens is 931 g/mol. The second-order valence-corrected chi connectivity index (χ2v) is 21.5. The highest BCUT2D eigenvalue weighted by atomic mass is 15.2. The third-order valence-corrected chi connectivity index (χ3v) is 17.6. The molecule has 3 aliphatic carbocycles. The summed E-state index contributed by atoms with van der Waals surface area (Å²) in [6.45, 7) is 2.35. The zero-order valence-corrected chi connectivity index (χ0v) is 42.5. The van der Waals surface area contributed by atoms with Gasteiger partial charge in [-0.3, -0.25) is 0 Å². The Morgan fingerprint density at radius 2 is 0.935 bits per heavy atom. The number of anilines is 3. The van der Waals surface area contributed by atoms with Gasteiger partial charge in [-0.2, -0.15) is 0 Å². The molecule has 12 aromatic carbocycles. The minimum absolute atomic E-state index is 0.422. The lowest BCUT2D eigenvalue weighted by atomic mass is 9.70. The highest BCUT2D eigenvalue weighted by molar-refractivity contribution is 6.26. The second kappa shape index (κ2) is 15.9. The molecule has 3 aliphatic rings. The molecule has 0 amide bonds. The summed E-state index contributed by atoms with van der Waals surface area (Å²) in [5.41, 5.74) is 21.9. The van der Waals surface area contributed by atoms with Crippen molar-refractivity contribution in [1.82, 2.24) is 9.13 Å². The normalized spacial score (nSPS) is 14.7. The van der Waals surface area contributed by atoms with E-state index in [-0.39, 0.29) is 0 Å². The Kier molecular flexibility index (Phi) is 8.81. The van der Waals surface area contributed by atoms with Gasteiger partial charge in [-0.15, -0.1) is 0 Å². The van der Waals surface area contributed by atoms with Crippen LogP contribution in [0.4, 0.5) is 17.1 Å². The number of hydrogen-bond donors (Lipinski definition) is 0. The van der Waals surface area contributed by atoms with Gasteiger partial charge < -0.3 is 14.0 Å². The number of hydrogen-bond acceptors (Lipinski definition) is 1. The Morgan fingerprint density at radius 3 is 1.66 bits per heavy atom. The minimum atomic E-state index is -0.493. The van der Waals surface area contributed by atoms with Gasteiger partial charge in [-0.05, 0) is 162 Å². The van der Waals surface area contributed by atoms with Crippen molar-refractivity contribution >= 4 is 88.2 Å². The highest BCUT2D eigenvalue weighted by Crippen LogP contribution is 2.65. The number of aromatic nitrogens is 2. The summed E-state index contributed by atoms with van der Waals surface area (Å²) in [4.78, 5) is 2.62. The predicted molar refractivity (Wildman–Crippen MR) is 323 cm³/mol. The summed E-state index contributed by atoms with van der Waals surface area (Å²) in [7, 11) is 0. The molecule has 0 bridgehead atoms. The first-order valence-corrected chi connectivity index (χ1v) is 27.1. The zero-order chi connectivity index (χ0) is 50.5. The summed E-state index contributed by atoms with van der Waals surface area (Å²) in [6, 6.07) is 93.7. The minimum Gasteiger partial charge on any atom is -0.310 e. The van der Waals surface area contributed by atoms with Gasteiger partial charge in [0.2, 0.25) is 0 Å². The van der Waals surface area contributed by atoms with Gasteiger partial charge in [0.15, 0.2) is 0 Å². The van der Waals surface area contributed by atoms with Gasteiger partial charge in [0, 0.05) is 44.5 Å². The monoisotopic (exact) mass is 979 g/mol. The Balaban J connectivity index is 0.974. The molecule has 360 valence electrons. The Labute approximate surface area is 446 Å². The summed E-state index contributed by atoms with van der Waals surface area (Å²) >= 11 is 0. The molecular formula is C74H49N3. The van der Waals surface area contributed by atoms with E-state index in [2.05, 4.69) is 282 Å². The largest absolute Gasteiger partial charge is 0.310 e. The Morgan fingerprint density at radius 1 is 0.390 bits per heavy atom. The quantitative estimate of drug-likeness (QED) is 0.157. The van der Waals surface area contributed by atoms with Crippen LogP contribution in [-0.4, -0.2) is 9.13 Å². The van der Waals surface area contributed by atoms with Crippen LogP contribution in [0.15, 0.2) is 255 Å². The third-order valence-electron chi connectivity index (χ3n) is 17.6. The summed E-state index contributed by atoms with van der Waals surface area (Å²) in [6.07, 6.45) is 5.71. The first kappa shape index (κ1) is 42.6. The maximum Gasteiger partial charge on any atom is 0.0726 e. The molecule has 77 heavy (non-hydrogen) atoms. The van der Waals surface area contributed by atoms with E-state index in [1.807, 2.05) is 0 Å². The second-order valence-electron chi connectivity index (χ2n) is 21.5. The fraction of sp³-hybridized carbons (Fsp3) is 0.0541. The number of fused-ring (bicyclic) bond motifs is 22. The van der Waals surface area contributed by atoms with E-state index in [9.17, 15) is 0 Å². The summed E-state index contributed by atoms with van der Waals surface area (Å²) in [5, 5.41) is 11.3. The van der Waals surface area contributed by atoms with Crippen LogP contribution in [0.25, 0.3) is 105 Å². The molecule has 0 radical (unpaired) electrons. The average Bonchev–Trinajstić information content (AvgIpc) is 4.41. The fourth-order valence-electron chi connectivity index (χ4n) is 14.6. The maximum atomic E-state index is 2.62. The topological polar surface area (TPSA) is 13.1 Å². The van der Waals surface area contributed by atoms with Crippen molar-refractivity contribution in [3.05, 3.63) is 288 Å². The van der Waals surface area contributed by atoms with Crippen LogP contribution in [0.3, 0.4) is 0 Å². The van der Waals surface area contributed by atoms with E-state index in [0.29, 0.717) is 5.92 Å². The van der Waals surface area contributed by atoms with E-state index < -0.39 is 5.41 Å². The van der Waals surface area contributed by atoms with Crippen LogP contribution < -0.4 is 4.90 Å². The molecule has 0 fully saturated rings. The van der Waals surface area contributed by atoms with Gasteiger partial charge >= 0.3 is 0 Å². The number of allylic oxidation sites excluding steroid dienone is 1. The van der Waals surface area contributed by atoms with Crippen molar-refractivity contribution in [2.45, 2.75) is 18.8 Å². The number of nitrogens with zero attached hydrogens (tertiary/aromatic N) is 3. The van der Waals surface area contributed by atoms with Gasteiger partial charge in [0.1, 0.15) is 0 Å². The summed E-state index contributed by atoms with van der Waals surface area (Å²) in [5.74, 6) is 0.422. The van der Waals surface area contributed by atoms with Gasteiger partial charge in [0.05, 0.1) is 33.3 Å². The Hall–Kier alpha value is -9.70. The molecule has 2 heterocycles. The molecule has 1 unspecified atom stereocenters. The van der Waals surface area contributed by atoms with Crippen LogP contribution in [-0.2, 0) is 11.8 Å².